The third-order valence-corrected chi connectivity index (χ3v) is 4.91. The molecule has 7 heteroatoms. The predicted octanol–water partition coefficient (Wildman–Crippen LogP) is 3.82. The molecule has 25 heavy (non-hydrogen) atoms. The number of ether oxygens (including phenoxy) is 2. The van der Waals surface area contributed by atoms with E-state index in [-0.39, 0.29) is 11.7 Å². The van der Waals surface area contributed by atoms with Crippen LogP contribution in [-0.2, 0) is 4.79 Å². The zero-order valence-electron chi connectivity index (χ0n) is 13.6. The molecule has 128 valence electrons. The van der Waals surface area contributed by atoms with Crippen LogP contribution in [0.25, 0.3) is 6.08 Å². The third-order valence-electron chi connectivity index (χ3n) is 3.61. The van der Waals surface area contributed by atoms with E-state index in [9.17, 15) is 9.90 Å². The number of methoxy groups -OCH3 is 2. The van der Waals surface area contributed by atoms with Crippen LogP contribution in [0.5, 0.6) is 17.2 Å². The van der Waals surface area contributed by atoms with Gasteiger partial charge in [0, 0.05) is 0 Å². The second-order valence-electron chi connectivity index (χ2n) is 5.15. The maximum Gasteiger partial charge on any atom is 0.270 e. The van der Waals surface area contributed by atoms with Crippen LogP contribution < -0.4 is 14.4 Å². The monoisotopic (exact) mass is 373 g/mol. The fourth-order valence-electron chi connectivity index (χ4n) is 2.39. The Kier molecular flexibility index (Phi) is 4.96. The lowest BCUT2D eigenvalue weighted by molar-refractivity contribution is -0.113. The van der Waals surface area contributed by atoms with Crippen molar-refractivity contribution < 1.29 is 19.4 Å². The van der Waals surface area contributed by atoms with Gasteiger partial charge in [-0.15, -0.1) is 0 Å². The summed E-state index contributed by atoms with van der Waals surface area (Å²) in [5.41, 5.74) is 1.43. The molecule has 3 rings (SSSR count). The van der Waals surface area contributed by atoms with Crippen LogP contribution in [0.1, 0.15) is 5.56 Å². The highest BCUT2D eigenvalue weighted by Gasteiger charge is 2.33. The van der Waals surface area contributed by atoms with E-state index in [1.807, 2.05) is 6.07 Å². The van der Waals surface area contributed by atoms with Crippen LogP contribution in [0, 0.1) is 0 Å². The van der Waals surface area contributed by atoms with E-state index in [0.29, 0.717) is 26.4 Å². The first-order valence-corrected chi connectivity index (χ1v) is 8.55. The molecular weight excluding hydrogens is 358 g/mol. The number of amides is 1. The van der Waals surface area contributed by atoms with E-state index in [4.69, 9.17) is 21.7 Å². The molecular formula is C18H15NO4S2. The number of benzene rings is 2. The average molecular weight is 373 g/mol. The van der Waals surface area contributed by atoms with E-state index >= 15 is 0 Å². The predicted molar refractivity (Wildman–Crippen MR) is 103 cm³/mol. The van der Waals surface area contributed by atoms with Crippen molar-refractivity contribution in [2.45, 2.75) is 0 Å². The Morgan fingerprint density at radius 3 is 2.40 bits per heavy atom. The molecule has 1 N–H and O–H groups in total. The van der Waals surface area contributed by atoms with E-state index in [0.717, 1.165) is 5.56 Å². The van der Waals surface area contributed by atoms with Gasteiger partial charge in [0.25, 0.3) is 5.91 Å². The standard InChI is InChI=1S/C18H15NO4S2/c1-22-14-8-3-11(9-15(14)23-2)10-16-17(21)19(18(24)25-16)12-4-6-13(20)7-5-12/h3-10,20H,1-2H3/b16-10+. The molecule has 1 saturated heterocycles. The maximum absolute atomic E-state index is 12.7. The number of carbonyl (C=O) groups excluding carboxylic acids is 1. The van der Waals surface area contributed by atoms with Crippen molar-refractivity contribution in [3.8, 4) is 17.2 Å². The Labute approximate surface area is 154 Å². The molecule has 1 amide bonds. The van der Waals surface area contributed by atoms with Crippen LogP contribution >= 0.6 is 24.0 Å². The van der Waals surface area contributed by atoms with Gasteiger partial charge in [0.05, 0.1) is 24.8 Å². The van der Waals surface area contributed by atoms with Crippen LogP contribution in [0.15, 0.2) is 47.4 Å². The maximum atomic E-state index is 12.7. The quantitative estimate of drug-likeness (QED) is 0.650. The van der Waals surface area contributed by atoms with Crippen molar-refractivity contribution in [1.82, 2.24) is 0 Å². The summed E-state index contributed by atoms with van der Waals surface area (Å²) in [6, 6.07) is 11.8. The Balaban J connectivity index is 1.91. The molecule has 2 aromatic carbocycles. The first-order valence-electron chi connectivity index (χ1n) is 7.32. The number of thioether (sulfide) groups is 1. The molecule has 1 heterocycles. The third kappa shape index (κ3) is 3.47. The first-order chi connectivity index (χ1) is 12.0. The largest absolute Gasteiger partial charge is 0.508 e. The van der Waals surface area contributed by atoms with Gasteiger partial charge in [0.15, 0.2) is 15.8 Å². The fourth-order valence-corrected chi connectivity index (χ4v) is 3.69. The summed E-state index contributed by atoms with van der Waals surface area (Å²) >= 11 is 6.57. The average Bonchev–Trinajstić information content (AvgIpc) is 2.89. The van der Waals surface area contributed by atoms with E-state index in [1.165, 1.54) is 28.8 Å². The summed E-state index contributed by atoms with van der Waals surface area (Å²) in [6.07, 6.45) is 1.77. The van der Waals surface area contributed by atoms with Crippen molar-refractivity contribution in [2.24, 2.45) is 0 Å². The zero-order valence-corrected chi connectivity index (χ0v) is 15.2. The van der Waals surface area contributed by atoms with E-state index < -0.39 is 0 Å². The highest BCUT2D eigenvalue weighted by Crippen LogP contribution is 2.37. The Morgan fingerprint density at radius 2 is 1.76 bits per heavy atom. The molecule has 0 aliphatic carbocycles. The summed E-state index contributed by atoms with van der Waals surface area (Å²) in [6.45, 7) is 0. The van der Waals surface area contributed by atoms with E-state index in [2.05, 4.69) is 0 Å². The number of rotatable bonds is 4. The number of aromatic hydroxyl groups is 1. The number of hydrogen-bond donors (Lipinski definition) is 1. The molecule has 0 bridgehead atoms. The smallest absolute Gasteiger partial charge is 0.270 e. The number of nitrogens with zero attached hydrogens (tertiary/aromatic N) is 1. The summed E-state index contributed by atoms with van der Waals surface area (Å²) in [5.74, 6) is 1.15. The molecule has 1 aliphatic heterocycles. The molecule has 0 atom stereocenters. The van der Waals surface area contributed by atoms with Gasteiger partial charge in [-0.3, -0.25) is 9.69 Å². The molecule has 1 aliphatic rings. The number of thiocarbonyl (C=S) groups is 1. The van der Waals surface area contributed by atoms with Crippen molar-refractivity contribution in [3.63, 3.8) is 0 Å². The lowest BCUT2D eigenvalue weighted by Gasteiger charge is -2.14. The van der Waals surface area contributed by atoms with Crippen LogP contribution in [0.4, 0.5) is 5.69 Å². The SMILES string of the molecule is COc1ccc(/C=C2/SC(=S)N(c3ccc(O)cc3)C2=O)cc1OC. The number of hydrogen-bond acceptors (Lipinski definition) is 6. The van der Waals surface area contributed by atoms with Gasteiger partial charge in [-0.25, -0.2) is 0 Å². The van der Waals surface area contributed by atoms with Gasteiger partial charge in [0.2, 0.25) is 0 Å². The van der Waals surface area contributed by atoms with Gasteiger partial charge in [-0.05, 0) is 48.0 Å². The summed E-state index contributed by atoms with van der Waals surface area (Å²) < 4.78 is 10.9. The Hall–Kier alpha value is -2.51. The second-order valence-corrected chi connectivity index (χ2v) is 6.82. The molecule has 0 radical (unpaired) electrons. The molecule has 0 saturated carbocycles. The van der Waals surface area contributed by atoms with Crippen LogP contribution in [-0.4, -0.2) is 29.6 Å². The van der Waals surface area contributed by atoms with Gasteiger partial charge in [0.1, 0.15) is 5.75 Å². The fraction of sp³-hybridized carbons (Fsp3) is 0.111. The number of anilines is 1. The van der Waals surface area contributed by atoms with Crippen molar-refractivity contribution in [3.05, 3.63) is 52.9 Å². The lowest BCUT2D eigenvalue weighted by atomic mass is 10.2. The molecule has 0 unspecified atom stereocenters. The lowest BCUT2D eigenvalue weighted by Crippen LogP contribution is -2.27. The summed E-state index contributed by atoms with van der Waals surface area (Å²) in [7, 11) is 3.13. The number of phenols is 1. The van der Waals surface area contributed by atoms with Gasteiger partial charge < -0.3 is 14.6 Å². The topological polar surface area (TPSA) is 59.0 Å². The zero-order chi connectivity index (χ0) is 18.0. The minimum atomic E-state index is -0.199. The summed E-state index contributed by atoms with van der Waals surface area (Å²) in [4.78, 5) is 14.7. The van der Waals surface area contributed by atoms with Crippen LogP contribution in [0.3, 0.4) is 0 Å². The van der Waals surface area contributed by atoms with Crippen molar-refractivity contribution in [2.75, 3.05) is 19.1 Å². The molecule has 1 fully saturated rings. The van der Waals surface area contributed by atoms with E-state index in [1.54, 1.807) is 44.6 Å². The second kappa shape index (κ2) is 7.16. The van der Waals surface area contributed by atoms with Gasteiger partial charge in [-0.2, -0.15) is 0 Å². The van der Waals surface area contributed by atoms with Gasteiger partial charge >= 0.3 is 0 Å². The van der Waals surface area contributed by atoms with Crippen molar-refractivity contribution in [1.29, 1.82) is 0 Å². The molecule has 0 spiro atoms. The summed E-state index contributed by atoms with van der Waals surface area (Å²) in [5, 5.41) is 9.40. The highest BCUT2D eigenvalue weighted by molar-refractivity contribution is 8.27. The van der Waals surface area contributed by atoms with Crippen LogP contribution in [0.2, 0.25) is 0 Å². The normalized spacial score (nSPS) is 15.8. The van der Waals surface area contributed by atoms with Crippen molar-refractivity contribution >= 4 is 46.0 Å². The molecule has 5 nitrogen and oxygen atoms in total. The highest BCUT2D eigenvalue weighted by atomic mass is 32.2. The molecule has 0 aromatic heterocycles. The van der Waals surface area contributed by atoms with Gasteiger partial charge in [-0.1, -0.05) is 30.0 Å². The Morgan fingerprint density at radius 1 is 1.08 bits per heavy atom. The first kappa shape index (κ1) is 17.3. The minimum absolute atomic E-state index is 0.134. The minimum Gasteiger partial charge on any atom is -0.508 e. The number of carbonyl (C=O) groups is 1. The Bertz CT molecular complexity index is 862. The molecule has 2 aromatic rings. The number of phenolic OH excluding ortho intramolecular Hbond substituents is 1.